The summed E-state index contributed by atoms with van der Waals surface area (Å²) in [4.78, 5) is 14.1. The second-order valence-electron chi connectivity index (χ2n) is 6.98. The molecule has 2 aromatic rings. The van der Waals surface area contributed by atoms with Crippen molar-refractivity contribution in [2.24, 2.45) is 5.92 Å². The SMILES string of the molecule is COc1ccc(CC2CCN(C(=O)c3ccc(C(F)(F)F)c(F)c3)CC2)cc1. The molecule has 1 amide bonds. The Morgan fingerprint density at radius 3 is 2.29 bits per heavy atom. The highest BCUT2D eigenvalue weighted by atomic mass is 19.4. The normalized spacial score (nSPS) is 15.5. The zero-order valence-corrected chi connectivity index (χ0v) is 15.4. The minimum atomic E-state index is -4.77. The standard InChI is InChI=1S/C21H21F4NO2/c1-28-17-5-2-14(3-6-17)12-15-8-10-26(11-9-15)20(27)16-4-7-18(19(22)13-16)21(23,24)25/h2-7,13,15H,8-12H2,1H3. The van der Waals surface area contributed by atoms with E-state index in [1.54, 1.807) is 12.0 Å². The van der Waals surface area contributed by atoms with Crippen LogP contribution in [0.4, 0.5) is 17.6 Å². The van der Waals surface area contributed by atoms with E-state index in [-0.39, 0.29) is 5.56 Å². The second kappa shape index (κ2) is 8.20. The maximum Gasteiger partial charge on any atom is 0.419 e. The predicted octanol–water partition coefficient (Wildman–Crippen LogP) is 4.95. The average Bonchev–Trinajstić information content (AvgIpc) is 2.67. The average molecular weight is 395 g/mol. The van der Waals surface area contributed by atoms with Crippen molar-refractivity contribution < 1.29 is 27.1 Å². The molecule has 0 bridgehead atoms. The number of hydrogen-bond donors (Lipinski definition) is 0. The van der Waals surface area contributed by atoms with E-state index in [9.17, 15) is 22.4 Å². The lowest BCUT2D eigenvalue weighted by Crippen LogP contribution is -2.39. The number of carbonyl (C=O) groups excluding carboxylic acids is 1. The molecule has 3 nitrogen and oxygen atoms in total. The van der Waals surface area contributed by atoms with Gasteiger partial charge in [0.25, 0.3) is 5.91 Å². The van der Waals surface area contributed by atoms with E-state index < -0.39 is 23.5 Å². The number of hydrogen-bond acceptors (Lipinski definition) is 2. The highest BCUT2D eigenvalue weighted by Gasteiger charge is 2.34. The number of rotatable bonds is 4. The van der Waals surface area contributed by atoms with Gasteiger partial charge in [-0.1, -0.05) is 12.1 Å². The number of likely N-dealkylation sites (tertiary alicyclic amines) is 1. The lowest BCUT2D eigenvalue weighted by Gasteiger charge is -2.32. The summed E-state index contributed by atoms with van der Waals surface area (Å²) in [5.41, 5.74) is -0.225. The van der Waals surface area contributed by atoms with E-state index in [1.807, 2.05) is 24.3 Å². The molecule has 0 N–H and O–H groups in total. The fraction of sp³-hybridized carbons (Fsp3) is 0.381. The minimum Gasteiger partial charge on any atom is -0.497 e. The summed E-state index contributed by atoms with van der Waals surface area (Å²) >= 11 is 0. The first-order chi connectivity index (χ1) is 13.3. The molecule has 28 heavy (non-hydrogen) atoms. The van der Waals surface area contributed by atoms with E-state index >= 15 is 0 Å². The molecule has 7 heteroatoms. The Morgan fingerprint density at radius 1 is 1.11 bits per heavy atom. The largest absolute Gasteiger partial charge is 0.497 e. The lowest BCUT2D eigenvalue weighted by atomic mass is 9.90. The molecule has 0 aliphatic carbocycles. The summed E-state index contributed by atoms with van der Waals surface area (Å²) in [7, 11) is 1.62. The van der Waals surface area contributed by atoms with E-state index in [4.69, 9.17) is 4.74 Å². The van der Waals surface area contributed by atoms with Crippen molar-refractivity contribution in [1.29, 1.82) is 0 Å². The van der Waals surface area contributed by atoms with Crippen LogP contribution < -0.4 is 4.74 Å². The van der Waals surface area contributed by atoms with Crippen molar-refractivity contribution in [3.8, 4) is 5.75 Å². The third kappa shape index (κ3) is 4.64. The summed E-state index contributed by atoms with van der Waals surface area (Å²) < 4.78 is 56.8. The summed E-state index contributed by atoms with van der Waals surface area (Å²) in [6, 6.07) is 10.2. The van der Waals surface area contributed by atoms with Gasteiger partial charge in [0.05, 0.1) is 12.7 Å². The molecule has 1 aliphatic heterocycles. The van der Waals surface area contributed by atoms with E-state index in [2.05, 4.69) is 0 Å². The molecule has 0 aromatic heterocycles. The number of nitrogens with zero attached hydrogens (tertiary/aromatic N) is 1. The van der Waals surface area contributed by atoms with Gasteiger partial charge < -0.3 is 9.64 Å². The van der Waals surface area contributed by atoms with E-state index in [0.717, 1.165) is 31.1 Å². The fourth-order valence-electron chi connectivity index (χ4n) is 3.50. The molecular weight excluding hydrogens is 374 g/mol. The number of alkyl halides is 3. The molecule has 150 valence electrons. The van der Waals surface area contributed by atoms with Crippen molar-refractivity contribution in [2.75, 3.05) is 20.2 Å². The Bertz CT molecular complexity index is 825. The van der Waals surface area contributed by atoms with Crippen LogP contribution in [0.5, 0.6) is 5.75 Å². The van der Waals surface area contributed by atoms with Gasteiger partial charge in [-0.2, -0.15) is 13.2 Å². The predicted molar refractivity (Wildman–Crippen MR) is 96.7 cm³/mol. The van der Waals surface area contributed by atoms with Gasteiger partial charge in [-0.3, -0.25) is 4.79 Å². The Labute approximate surface area is 160 Å². The van der Waals surface area contributed by atoms with Crippen LogP contribution in [0.2, 0.25) is 0 Å². The van der Waals surface area contributed by atoms with Crippen molar-refractivity contribution in [1.82, 2.24) is 4.90 Å². The maximum absolute atomic E-state index is 13.7. The van der Waals surface area contributed by atoms with Crippen LogP contribution in [-0.4, -0.2) is 31.0 Å². The van der Waals surface area contributed by atoms with Crippen molar-refractivity contribution in [3.05, 3.63) is 65.0 Å². The van der Waals surface area contributed by atoms with Gasteiger partial charge in [0.2, 0.25) is 0 Å². The number of amides is 1. The summed E-state index contributed by atoms with van der Waals surface area (Å²) in [6.07, 6.45) is -2.30. The first kappa shape index (κ1) is 20.2. The molecule has 1 heterocycles. The zero-order chi connectivity index (χ0) is 20.3. The van der Waals surface area contributed by atoms with Gasteiger partial charge in [-0.15, -0.1) is 0 Å². The quantitative estimate of drug-likeness (QED) is 0.686. The fourth-order valence-corrected chi connectivity index (χ4v) is 3.50. The maximum atomic E-state index is 13.7. The topological polar surface area (TPSA) is 29.5 Å². The van der Waals surface area contributed by atoms with Crippen LogP contribution in [0.25, 0.3) is 0 Å². The van der Waals surface area contributed by atoms with Gasteiger partial charge >= 0.3 is 6.18 Å². The smallest absolute Gasteiger partial charge is 0.419 e. The minimum absolute atomic E-state index is 0.0564. The summed E-state index contributed by atoms with van der Waals surface area (Å²) in [6.45, 7) is 1.00. The Balaban J connectivity index is 1.58. The molecule has 0 atom stereocenters. The number of ether oxygens (including phenoxy) is 1. The first-order valence-corrected chi connectivity index (χ1v) is 9.07. The summed E-state index contributed by atoms with van der Waals surface area (Å²) in [5.74, 6) is -0.641. The van der Waals surface area contributed by atoms with E-state index in [1.165, 1.54) is 5.56 Å². The summed E-state index contributed by atoms with van der Waals surface area (Å²) in [5, 5.41) is 0. The number of halogens is 4. The molecule has 1 saturated heterocycles. The van der Waals surface area contributed by atoms with Gasteiger partial charge in [-0.25, -0.2) is 4.39 Å². The number of methoxy groups -OCH3 is 1. The van der Waals surface area contributed by atoms with Gasteiger partial charge in [0, 0.05) is 18.7 Å². The van der Waals surface area contributed by atoms with Crippen LogP contribution in [0, 0.1) is 11.7 Å². The van der Waals surface area contributed by atoms with Gasteiger partial charge in [0.1, 0.15) is 11.6 Å². The molecule has 0 saturated carbocycles. The van der Waals surface area contributed by atoms with Crippen LogP contribution in [0.3, 0.4) is 0 Å². The molecule has 0 spiro atoms. The second-order valence-corrected chi connectivity index (χ2v) is 6.98. The Morgan fingerprint density at radius 2 is 1.75 bits per heavy atom. The molecular formula is C21H21F4NO2. The van der Waals surface area contributed by atoms with Crippen molar-refractivity contribution in [2.45, 2.75) is 25.4 Å². The lowest BCUT2D eigenvalue weighted by molar-refractivity contribution is -0.140. The van der Waals surface area contributed by atoms with Gasteiger partial charge in [0.15, 0.2) is 0 Å². The van der Waals surface area contributed by atoms with Crippen LogP contribution in [0.15, 0.2) is 42.5 Å². The van der Waals surface area contributed by atoms with Crippen molar-refractivity contribution >= 4 is 5.91 Å². The monoisotopic (exact) mass is 395 g/mol. The highest BCUT2D eigenvalue weighted by molar-refractivity contribution is 5.94. The van der Waals surface area contributed by atoms with Crippen molar-refractivity contribution in [3.63, 3.8) is 0 Å². The highest BCUT2D eigenvalue weighted by Crippen LogP contribution is 2.32. The third-order valence-corrected chi connectivity index (χ3v) is 5.11. The number of carbonyl (C=O) groups is 1. The zero-order valence-electron chi connectivity index (χ0n) is 15.4. The molecule has 0 unspecified atom stereocenters. The number of benzene rings is 2. The number of piperidine rings is 1. The molecule has 3 rings (SSSR count). The van der Waals surface area contributed by atoms with Crippen LogP contribution >= 0.6 is 0 Å². The molecule has 1 aliphatic rings. The van der Waals surface area contributed by atoms with E-state index in [0.29, 0.717) is 31.1 Å². The Kier molecular flexibility index (Phi) is 5.91. The Hall–Kier alpha value is -2.57. The molecule has 1 fully saturated rings. The van der Waals surface area contributed by atoms with Gasteiger partial charge in [-0.05, 0) is 61.1 Å². The first-order valence-electron chi connectivity index (χ1n) is 9.07. The molecule has 0 radical (unpaired) electrons. The van der Waals surface area contributed by atoms with Crippen LogP contribution in [0.1, 0.15) is 34.3 Å². The molecule has 2 aromatic carbocycles. The third-order valence-electron chi connectivity index (χ3n) is 5.11. The van der Waals surface area contributed by atoms with Crippen LogP contribution in [-0.2, 0) is 12.6 Å².